The summed E-state index contributed by atoms with van der Waals surface area (Å²) in [6, 6.07) is 3.31. The van der Waals surface area contributed by atoms with E-state index in [9.17, 15) is 15.0 Å². The van der Waals surface area contributed by atoms with Crippen molar-refractivity contribution in [2.75, 3.05) is 6.54 Å². The molecule has 1 rings (SSSR count). The Hall–Kier alpha value is -1.77. The van der Waals surface area contributed by atoms with Crippen molar-refractivity contribution in [2.45, 2.75) is 25.3 Å². The number of nitrogens with two attached hydrogens (primary N) is 1. The van der Waals surface area contributed by atoms with Crippen LogP contribution in [0.4, 0.5) is 0 Å². The van der Waals surface area contributed by atoms with Gasteiger partial charge < -0.3 is 26.4 Å². The molecule has 1 aromatic rings. The second-order valence-corrected chi connectivity index (χ2v) is 4.69. The summed E-state index contributed by atoms with van der Waals surface area (Å²) in [5.74, 6) is -1.30. The number of benzene rings is 1. The number of carbonyl (C=O) groups is 1. The van der Waals surface area contributed by atoms with Gasteiger partial charge in [-0.25, -0.2) is 4.79 Å². The van der Waals surface area contributed by atoms with Gasteiger partial charge in [0, 0.05) is 25.2 Å². The summed E-state index contributed by atoms with van der Waals surface area (Å²) >= 11 is 0. The molecule has 0 heterocycles. The number of rotatable bonds is 8. The van der Waals surface area contributed by atoms with Gasteiger partial charge in [-0.2, -0.15) is 0 Å². The number of hydrogen-bond donors (Lipinski definition) is 6. The number of aromatic hydroxyl groups is 2. The average Bonchev–Trinajstić information content (AvgIpc) is 2.42. The fourth-order valence-electron chi connectivity index (χ4n) is 1.78. The zero-order valence-corrected chi connectivity index (χ0v) is 12.0. The van der Waals surface area contributed by atoms with E-state index in [-0.39, 0.29) is 53.4 Å². The monoisotopic (exact) mass is 332 g/mol. The number of nitrogens with zero attached hydrogens (tertiary/aromatic N) is 1. The number of aliphatic carboxylic acids is 1. The topological polar surface area (TPSA) is 152 Å². The SMILES string of the molecule is N=C(N)NCCC[C@H](N=CCc1ccc(O)cc1O)C(=O)O.[NaH]. The van der Waals surface area contributed by atoms with Gasteiger partial charge in [0.1, 0.15) is 17.5 Å². The third kappa shape index (κ3) is 8.44. The Balaban J connectivity index is 0.00000484. The van der Waals surface area contributed by atoms with E-state index in [2.05, 4.69) is 10.3 Å². The summed E-state index contributed by atoms with van der Waals surface area (Å²) < 4.78 is 0. The van der Waals surface area contributed by atoms with Gasteiger partial charge in [0.05, 0.1) is 0 Å². The van der Waals surface area contributed by atoms with Crippen molar-refractivity contribution in [3.63, 3.8) is 0 Å². The third-order valence-corrected chi connectivity index (χ3v) is 2.92. The minimum absolute atomic E-state index is 0. The molecule has 7 N–H and O–H groups in total. The molecule has 0 fully saturated rings. The Morgan fingerprint density at radius 1 is 1.43 bits per heavy atom. The summed E-state index contributed by atoms with van der Waals surface area (Å²) in [5, 5.41) is 37.5. The summed E-state index contributed by atoms with van der Waals surface area (Å²) in [4.78, 5) is 15.1. The Morgan fingerprint density at radius 3 is 2.70 bits per heavy atom. The summed E-state index contributed by atoms with van der Waals surface area (Å²) in [6.45, 7) is 0.410. The van der Waals surface area contributed by atoms with E-state index < -0.39 is 12.0 Å². The fourth-order valence-corrected chi connectivity index (χ4v) is 1.78. The Kier molecular flexibility index (Phi) is 10.0. The van der Waals surface area contributed by atoms with Gasteiger partial charge in [-0.3, -0.25) is 10.4 Å². The number of carboxylic acids is 1. The van der Waals surface area contributed by atoms with Crippen LogP contribution in [0.3, 0.4) is 0 Å². The normalized spacial score (nSPS) is 11.7. The molecule has 0 aromatic heterocycles. The van der Waals surface area contributed by atoms with E-state index in [1.54, 1.807) is 6.07 Å². The van der Waals surface area contributed by atoms with E-state index in [1.165, 1.54) is 18.3 Å². The van der Waals surface area contributed by atoms with E-state index >= 15 is 0 Å². The number of hydrogen-bond acceptors (Lipinski definition) is 5. The molecular weight excluding hydrogens is 311 g/mol. The van der Waals surface area contributed by atoms with Crippen molar-refractivity contribution in [3.8, 4) is 11.5 Å². The molecule has 0 saturated heterocycles. The van der Waals surface area contributed by atoms with E-state index in [0.717, 1.165) is 0 Å². The molecule has 0 aliphatic carbocycles. The minimum atomic E-state index is -1.03. The standard InChI is InChI=1S/C14H20N4O4.Na.H/c15-14(16)18-6-1-2-11(13(21)22)17-7-5-9-3-4-10(19)8-12(9)20;;/h3-4,7-8,11,19-20H,1-2,5-6H2,(H,21,22)(H4,15,16,18);;/t11-;;/m0../s1. The predicted molar refractivity (Wildman–Crippen MR) is 89.7 cm³/mol. The van der Waals surface area contributed by atoms with Crippen LogP contribution in [0.15, 0.2) is 23.2 Å². The molecule has 1 aromatic carbocycles. The Labute approximate surface area is 156 Å². The van der Waals surface area contributed by atoms with Gasteiger partial charge >= 0.3 is 35.5 Å². The molecule has 0 aliphatic heterocycles. The number of phenols is 2. The van der Waals surface area contributed by atoms with Crippen molar-refractivity contribution in [2.24, 2.45) is 10.7 Å². The second-order valence-electron chi connectivity index (χ2n) is 4.69. The van der Waals surface area contributed by atoms with Crippen LogP contribution in [0.5, 0.6) is 11.5 Å². The average molecular weight is 332 g/mol. The van der Waals surface area contributed by atoms with Crippen molar-refractivity contribution >= 4 is 47.7 Å². The van der Waals surface area contributed by atoms with Gasteiger partial charge in [0.15, 0.2) is 5.96 Å². The third-order valence-electron chi connectivity index (χ3n) is 2.92. The Morgan fingerprint density at radius 2 is 2.13 bits per heavy atom. The van der Waals surface area contributed by atoms with Crippen LogP contribution in [0.1, 0.15) is 18.4 Å². The van der Waals surface area contributed by atoms with E-state index in [4.69, 9.17) is 16.2 Å². The summed E-state index contributed by atoms with van der Waals surface area (Å²) in [7, 11) is 0. The molecule has 0 bridgehead atoms. The quantitative estimate of drug-likeness (QED) is 0.167. The van der Waals surface area contributed by atoms with Crippen molar-refractivity contribution in [3.05, 3.63) is 23.8 Å². The molecule has 23 heavy (non-hydrogen) atoms. The van der Waals surface area contributed by atoms with Crippen LogP contribution < -0.4 is 11.1 Å². The number of aliphatic imine (C=N–C) groups is 1. The van der Waals surface area contributed by atoms with E-state index in [0.29, 0.717) is 24.9 Å². The van der Waals surface area contributed by atoms with Crippen LogP contribution in [0.2, 0.25) is 0 Å². The molecule has 9 heteroatoms. The first kappa shape index (κ1) is 21.2. The molecule has 122 valence electrons. The van der Waals surface area contributed by atoms with Crippen LogP contribution in [-0.2, 0) is 11.2 Å². The first-order valence-electron chi connectivity index (χ1n) is 6.73. The molecule has 0 amide bonds. The second kappa shape index (κ2) is 10.9. The van der Waals surface area contributed by atoms with Gasteiger partial charge in [-0.05, 0) is 24.5 Å². The molecule has 0 spiro atoms. The van der Waals surface area contributed by atoms with Crippen LogP contribution in [-0.4, -0.2) is 75.6 Å². The first-order valence-corrected chi connectivity index (χ1v) is 6.73. The molecule has 0 radical (unpaired) electrons. The van der Waals surface area contributed by atoms with E-state index in [1.807, 2.05) is 0 Å². The van der Waals surface area contributed by atoms with Gasteiger partial charge in [0.2, 0.25) is 0 Å². The van der Waals surface area contributed by atoms with Crippen LogP contribution in [0, 0.1) is 5.41 Å². The number of carboxylic acid groups (broad SMARTS) is 1. The van der Waals surface area contributed by atoms with Gasteiger partial charge in [0.25, 0.3) is 0 Å². The van der Waals surface area contributed by atoms with Crippen molar-refractivity contribution < 1.29 is 20.1 Å². The number of nitrogens with one attached hydrogen (secondary N) is 2. The Bertz CT molecular complexity index is 566. The van der Waals surface area contributed by atoms with Crippen molar-refractivity contribution in [1.82, 2.24) is 5.32 Å². The molecule has 0 saturated carbocycles. The number of phenolic OH excluding ortho intramolecular Hbond substituents is 2. The summed E-state index contributed by atoms with van der Waals surface area (Å²) in [6.07, 6.45) is 2.52. The maximum absolute atomic E-state index is 11.1. The predicted octanol–water partition coefficient (Wildman–Crippen LogP) is -0.221. The van der Waals surface area contributed by atoms with Gasteiger partial charge in [-0.15, -0.1) is 0 Å². The molecule has 1 atom stereocenters. The summed E-state index contributed by atoms with van der Waals surface area (Å²) in [5.41, 5.74) is 5.67. The number of guanidine groups is 1. The molecular formula is C14H21N4NaO4. The van der Waals surface area contributed by atoms with Crippen molar-refractivity contribution in [1.29, 1.82) is 5.41 Å². The van der Waals surface area contributed by atoms with Gasteiger partial charge in [-0.1, -0.05) is 6.07 Å². The first-order chi connectivity index (χ1) is 10.4. The van der Waals surface area contributed by atoms with Crippen LogP contribution in [0.25, 0.3) is 0 Å². The zero-order chi connectivity index (χ0) is 16.5. The van der Waals surface area contributed by atoms with Crippen LogP contribution >= 0.6 is 0 Å². The maximum atomic E-state index is 11.1. The molecule has 8 nitrogen and oxygen atoms in total. The fraction of sp³-hybridized carbons (Fsp3) is 0.357. The zero-order valence-electron chi connectivity index (χ0n) is 12.0. The molecule has 0 unspecified atom stereocenters. The molecule has 0 aliphatic rings.